The van der Waals surface area contributed by atoms with Crippen molar-refractivity contribution in [3.8, 4) is 11.4 Å². The quantitative estimate of drug-likeness (QED) is 0.904. The third-order valence-electron chi connectivity index (χ3n) is 3.62. The second kappa shape index (κ2) is 5.92. The molecule has 0 aliphatic carbocycles. The number of nitrogens with two attached hydrogens (primary N) is 1. The van der Waals surface area contributed by atoms with Crippen LogP contribution in [-0.4, -0.2) is 39.1 Å². The van der Waals surface area contributed by atoms with Crippen molar-refractivity contribution in [2.45, 2.75) is 25.3 Å². The van der Waals surface area contributed by atoms with Gasteiger partial charge in [-0.1, -0.05) is 0 Å². The highest BCUT2D eigenvalue weighted by molar-refractivity contribution is 5.54. The number of nitrogens with zero attached hydrogens (tertiary/aromatic N) is 5. The van der Waals surface area contributed by atoms with Crippen LogP contribution in [0, 0.1) is 0 Å². The van der Waals surface area contributed by atoms with Gasteiger partial charge in [0.15, 0.2) is 0 Å². The van der Waals surface area contributed by atoms with Crippen LogP contribution >= 0.6 is 0 Å². The molecule has 104 valence electrons. The number of rotatable bonds is 3. The first-order chi connectivity index (χ1) is 9.88. The lowest BCUT2D eigenvalue weighted by Crippen LogP contribution is -2.45. The van der Waals surface area contributed by atoms with Crippen molar-refractivity contribution >= 4 is 5.95 Å². The molecule has 3 rings (SSSR count). The van der Waals surface area contributed by atoms with E-state index < -0.39 is 0 Å². The highest BCUT2D eigenvalue weighted by atomic mass is 15.3. The van der Waals surface area contributed by atoms with Crippen LogP contribution in [0.1, 0.15) is 19.3 Å². The summed E-state index contributed by atoms with van der Waals surface area (Å²) < 4.78 is 0. The molecule has 0 aromatic carbocycles. The fourth-order valence-corrected chi connectivity index (χ4v) is 2.57. The predicted molar refractivity (Wildman–Crippen MR) is 77.1 cm³/mol. The summed E-state index contributed by atoms with van der Waals surface area (Å²) in [5.74, 6) is 0.739. The Balaban J connectivity index is 1.91. The molecule has 20 heavy (non-hydrogen) atoms. The van der Waals surface area contributed by atoms with E-state index in [1.165, 1.54) is 6.42 Å². The second-order valence-electron chi connectivity index (χ2n) is 4.91. The molecule has 1 aliphatic rings. The summed E-state index contributed by atoms with van der Waals surface area (Å²) in [5, 5.41) is 0. The topological polar surface area (TPSA) is 80.8 Å². The van der Waals surface area contributed by atoms with Crippen LogP contribution in [0.4, 0.5) is 5.95 Å². The first kappa shape index (κ1) is 12.9. The molecule has 1 fully saturated rings. The Kier molecular flexibility index (Phi) is 3.83. The Bertz CT molecular complexity index is 559. The lowest BCUT2D eigenvalue weighted by atomic mass is 10.0. The van der Waals surface area contributed by atoms with Gasteiger partial charge in [0.25, 0.3) is 0 Å². The summed E-state index contributed by atoms with van der Waals surface area (Å²) in [6.45, 7) is 1.60. The predicted octanol–water partition coefficient (Wildman–Crippen LogP) is 1.25. The van der Waals surface area contributed by atoms with E-state index in [2.05, 4.69) is 24.8 Å². The van der Waals surface area contributed by atoms with Crippen molar-refractivity contribution in [2.24, 2.45) is 5.73 Å². The summed E-state index contributed by atoms with van der Waals surface area (Å²) in [7, 11) is 0. The van der Waals surface area contributed by atoms with E-state index in [9.17, 15) is 0 Å². The number of aromatic nitrogens is 4. The summed E-state index contributed by atoms with van der Waals surface area (Å²) in [4.78, 5) is 19.6. The average molecular weight is 270 g/mol. The molecule has 0 saturated carbocycles. The van der Waals surface area contributed by atoms with Crippen molar-refractivity contribution in [3.63, 3.8) is 0 Å². The van der Waals surface area contributed by atoms with Crippen LogP contribution in [0.25, 0.3) is 11.4 Å². The summed E-state index contributed by atoms with van der Waals surface area (Å²) in [6.07, 6.45) is 10.3. The van der Waals surface area contributed by atoms with Gasteiger partial charge in [-0.2, -0.15) is 0 Å². The van der Waals surface area contributed by atoms with E-state index in [-0.39, 0.29) is 0 Å². The fraction of sp³-hybridized carbons (Fsp3) is 0.429. The van der Waals surface area contributed by atoms with Gasteiger partial charge in [-0.25, -0.2) is 9.97 Å². The van der Waals surface area contributed by atoms with Gasteiger partial charge in [-0.3, -0.25) is 9.97 Å². The van der Waals surface area contributed by atoms with Crippen molar-refractivity contribution in [3.05, 3.63) is 30.9 Å². The number of piperidine rings is 1. The second-order valence-corrected chi connectivity index (χ2v) is 4.91. The third-order valence-corrected chi connectivity index (χ3v) is 3.62. The first-order valence-electron chi connectivity index (χ1n) is 6.94. The van der Waals surface area contributed by atoms with Crippen LogP contribution in [-0.2, 0) is 0 Å². The van der Waals surface area contributed by atoms with E-state index in [0.717, 1.165) is 36.7 Å². The standard InChI is InChI=1S/C14H18N6/c15-9-11-3-1-2-8-20(11)14-18-5-4-12(19-14)13-10-16-6-7-17-13/h4-7,10-11H,1-3,8-9,15H2. The summed E-state index contributed by atoms with van der Waals surface area (Å²) in [5.41, 5.74) is 7.42. The van der Waals surface area contributed by atoms with Gasteiger partial charge in [0.2, 0.25) is 5.95 Å². The van der Waals surface area contributed by atoms with E-state index in [1.807, 2.05) is 6.07 Å². The maximum Gasteiger partial charge on any atom is 0.226 e. The van der Waals surface area contributed by atoms with E-state index in [4.69, 9.17) is 5.73 Å². The van der Waals surface area contributed by atoms with Crippen molar-refractivity contribution in [1.82, 2.24) is 19.9 Å². The average Bonchev–Trinajstić information content (AvgIpc) is 2.56. The normalized spacial score (nSPS) is 19.1. The maximum atomic E-state index is 5.86. The Morgan fingerprint density at radius 3 is 2.90 bits per heavy atom. The lowest BCUT2D eigenvalue weighted by Gasteiger charge is -2.35. The Labute approximate surface area is 118 Å². The molecule has 6 nitrogen and oxygen atoms in total. The smallest absolute Gasteiger partial charge is 0.226 e. The van der Waals surface area contributed by atoms with Gasteiger partial charge in [0, 0.05) is 37.7 Å². The zero-order valence-electron chi connectivity index (χ0n) is 11.3. The van der Waals surface area contributed by atoms with Gasteiger partial charge in [-0.15, -0.1) is 0 Å². The highest BCUT2D eigenvalue weighted by Crippen LogP contribution is 2.22. The lowest BCUT2D eigenvalue weighted by molar-refractivity contribution is 0.458. The van der Waals surface area contributed by atoms with E-state index in [1.54, 1.807) is 24.8 Å². The van der Waals surface area contributed by atoms with Crippen LogP contribution in [0.3, 0.4) is 0 Å². The molecular formula is C14H18N6. The van der Waals surface area contributed by atoms with E-state index >= 15 is 0 Å². The minimum Gasteiger partial charge on any atom is -0.337 e. The van der Waals surface area contributed by atoms with Gasteiger partial charge < -0.3 is 10.6 Å². The zero-order chi connectivity index (χ0) is 13.8. The third kappa shape index (κ3) is 2.60. The van der Waals surface area contributed by atoms with Gasteiger partial charge in [-0.05, 0) is 25.3 Å². The molecule has 0 amide bonds. The SMILES string of the molecule is NCC1CCCCN1c1nccc(-c2cnccn2)n1. The molecule has 1 aliphatic heterocycles. The molecule has 1 saturated heterocycles. The molecule has 1 unspecified atom stereocenters. The highest BCUT2D eigenvalue weighted by Gasteiger charge is 2.23. The number of hydrogen-bond donors (Lipinski definition) is 1. The number of anilines is 1. The zero-order valence-corrected chi connectivity index (χ0v) is 11.3. The van der Waals surface area contributed by atoms with Crippen LogP contribution < -0.4 is 10.6 Å². The summed E-state index contributed by atoms with van der Waals surface area (Å²) in [6, 6.07) is 2.19. The van der Waals surface area contributed by atoms with Crippen LogP contribution in [0.15, 0.2) is 30.9 Å². The molecular weight excluding hydrogens is 252 g/mol. The molecule has 0 spiro atoms. The Morgan fingerprint density at radius 2 is 2.10 bits per heavy atom. The molecule has 2 N–H and O–H groups in total. The Hall–Kier alpha value is -2.08. The molecule has 2 aromatic rings. The fourth-order valence-electron chi connectivity index (χ4n) is 2.57. The van der Waals surface area contributed by atoms with Crippen LogP contribution in [0.2, 0.25) is 0 Å². The van der Waals surface area contributed by atoms with Crippen molar-refractivity contribution in [1.29, 1.82) is 0 Å². The monoisotopic (exact) mass is 270 g/mol. The molecule has 2 aromatic heterocycles. The van der Waals surface area contributed by atoms with Crippen molar-refractivity contribution in [2.75, 3.05) is 18.0 Å². The van der Waals surface area contributed by atoms with Crippen LogP contribution in [0.5, 0.6) is 0 Å². The first-order valence-corrected chi connectivity index (χ1v) is 6.94. The maximum absolute atomic E-state index is 5.86. The molecule has 6 heteroatoms. The van der Waals surface area contributed by atoms with Gasteiger partial charge in [0.05, 0.1) is 11.9 Å². The minimum atomic E-state index is 0.334. The van der Waals surface area contributed by atoms with E-state index in [0.29, 0.717) is 12.6 Å². The Morgan fingerprint density at radius 1 is 1.15 bits per heavy atom. The number of hydrogen-bond acceptors (Lipinski definition) is 6. The summed E-state index contributed by atoms with van der Waals surface area (Å²) >= 11 is 0. The van der Waals surface area contributed by atoms with Crippen molar-refractivity contribution < 1.29 is 0 Å². The molecule has 3 heterocycles. The molecule has 0 radical (unpaired) electrons. The minimum absolute atomic E-state index is 0.334. The molecule has 1 atom stereocenters. The molecule has 0 bridgehead atoms. The van der Waals surface area contributed by atoms with Gasteiger partial charge >= 0.3 is 0 Å². The largest absolute Gasteiger partial charge is 0.337 e. The van der Waals surface area contributed by atoms with Gasteiger partial charge in [0.1, 0.15) is 5.69 Å².